The summed E-state index contributed by atoms with van der Waals surface area (Å²) in [6.45, 7) is 2.84. The molecule has 1 aromatic rings. The highest BCUT2D eigenvalue weighted by atomic mass is 16.5. The molecule has 1 aliphatic heterocycles. The van der Waals surface area contributed by atoms with Crippen LogP contribution in [0.1, 0.15) is 68.9 Å². The molecule has 110 valence electrons. The largest absolute Gasteiger partial charge is 0.385 e. The van der Waals surface area contributed by atoms with Crippen molar-refractivity contribution < 1.29 is 9.84 Å². The van der Waals surface area contributed by atoms with E-state index in [4.69, 9.17) is 4.74 Å². The lowest BCUT2D eigenvalue weighted by Gasteiger charge is -2.37. The SMILES string of the molecule is CCCC1CC(O)(c2ccc(C3CCC3)cc2)CCO1. The molecule has 2 fully saturated rings. The molecule has 2 atom stereocenters. The average Bonchev–Trinajstić information content (AvgIpc) is 2.38. The third-order valence-electron chi connectivity index (χ3n) is 5.07. The van der Waals surface area contributed by atoms with Crippen LogP contribution in [0, 0.1) is 0 Å². The molecule has 1 saturated carbocycles. The number of aliphatic hydroxyl groups is 1. The van der Waals surface area contributed by atoms with Gasteiger partial charge < -0.3 is 9.84 Å². The van der Waals surface area contributed by atoms with Crippen LogP contribution in [0.4, 0.5) is 0 Å². The topological polar surface area (TPSA) is 29.5 Å². The Kier molecular flexibility index (Phi) is 4.13. The first-order valence-electron chi connectivity index (χ1n) is 8.16. The monoisotopic (exact) mass is 274 g/mol. The van der Waals surface area contributed by atoms with Crippen molar-refractivity contribution in [2.75, 3.05) is 6.61 Å². The third kappa shape index (κ3) is 2.77. The van der Waals surface area contributed by atoms with Crippen molar-refractivity contribution in [3.63, 3.8) is 0 Å². The first kappa shape index (κ1) is 14.1. The quantitative estimate of drug-likeness (QED) is 0.895. The lowest BCUT2D eigenvalue weighted by Crippen LogP contribution is -2.38. The fourth-order valence-corrected chi connectivity index (χ4v) is 3.51. The minimum atomic E-state index is -0.684. The van der Waals surface area contributed by atoms with E-state index in [9.17, 15) is 5.11 Å². The van der Waals surface area contributed by atoms with Gasteiger partial charge in [-0.05, 0) is 36.3 Å². The summed E-state index contributed by atoms with van der Waals surface area (Å²) < 4.78 is 5.76. The maximum atomic E-state index is 11.0. The minimum absolute atomic E-state index is 0.213. The first-order chi connectivity index (χ1) is 9.71. The van der Waals surface area contributed by atoms with E-state index in [1.54, 1.807) is 0 Å². The summed E-state index contributed by atoms with van der Waals surface area (Å²) in [5.74, 6) is 0.765. The summed E-state index contributed by atoms with van der Waals surface area (Å²) in [6, 6.07) is 8.73. The van der Waals surface area contributed by atoms with Crippen molar-refractivity contribution in [3.8, 4) is 0 Å². The van der Waals surface area contributed by atoms with E-state index in [2.05, 4.69) is 31.2 Å². The van der Waals surface area contributed by atoms with Gasteiger partial charge >= 0.3 is 0 Å². The van der Waals surface area contributed by atoms with Crippen LogP contribution in [-0.2, 0) is 10.3 Å². The van der Waals surface area contributed by atoms with Gasteiger partial charge in [0.2, 0.25) is 0 Å². The van der Waals surface area contributed by atoms with Crippen LogP contribution in [0.3, 0.4) is 0 Å². The van der Waals surface area contributed by atoms with Gasteiger partial charge in [-0.15, -0.1) is 0 Å². The number of hydrogen-bond acceptors (Lipinski definition) is 2. The summed E-state index contributed by atoms with van der Waals surface area (Å²) in [5.41, 5.74) is 1.83. The molecular weight excluding hydrogens is 248 g/mol. The van der Waals surface area contributed by atoms with Gasteiger partial charge in [0.05, 0.1) is 18.3 Å². The zero-order chi connectivity index (χ0) is 14.0. The minimum Gasteiger partial charge on any atom is -0.385 e. The van der Waals surface area contributed by atoms with Crippen LogP contribution >= 0.6 is 0 Å². The Bertz CT molecular complexity index is 433. The third-order valence-corrected chi connectivity index (χ3v) is 5.07. The fourth-order valence-electron chi connectivity index (χ4n) is 3.51. The van der Waals surface area contributed by atoms with Crippen LogP contribution in [0.2, 0.25) is 0 Å². The Balaban J connectivity index is 1.72. The molecule has 2 heteroatoms. The second-order valence-electron chi connectivity index (χ2n) is 6.52. The Morgan fingerprint density at radius 3 is 2.60 bits per heavy atom. The molecule has 0 bridgehead atoms. The van der Waals surface area contributed by atoms with Crippen molar-refractivity contribution in [3.05, 3.63) is 35.4 Å². The Morgan fingerprint density at radius 1 is 1.25 bits per heavy atom. The van der Waals surface area contributed by atoms with E-state index >= 15 is 0 Å². The van der Waals surface area contributed by atoms with E-state index in [1.165, 1.54) is 24.8 Å². The van der Waals surface area contributed by atoms with E-state index in [-0.39, 0.29) is 6.10 Å². The van der Waals surface area contributed by atoms with Gasteiger partial charge in [0, 0.05) is 12.8 Å². The van der Waals surface area contributed by atoms with Crippen molar-refractivity contribution in [1.82, 2.24) is 0 Å². The predicted molar refractivity (Wildman–Crippen MR) is 80.8 cm³/mol. The Morgan fingerprint density at radius 2 is 2.00 bits per heavy atom. The van der Waals surface area contributed by atoms with Crippen LogP contribution in [0.15, 0.2) is 24.3 Å². The molecule has 0 amide bonds. The van der Waals surface area contributed by atoms with E-state index in [1.807, 2.05) is 0 Å². The highest BCUT2D eigenvalue weighted by molar-refractivity contribution is 5.30. The lowest BCUT2D eigenvalue weighted by atomic mass is 9.78. The molecule has 0 spiro atoms. The molecular formula is C18H26O2. The van der Waals surface area contributed by atoms with Crippen LogP contribution in [0.25, 0.3) is 0 Å². The lowest BCUT2D eigenvalue weighted by molar-refractivity contribution is -0.110. The number of rotatable bonds is 4. The smallest absolute Gasteiger partial charge is 0.0943 e. The van der Waals surface area contributed by atoms with Crippen molar-refractivity contribution >= 4 is 0 Å². The molecule has 0 aromatic heterocycles. The van der Waals surface area contributed by atoms with Gasteiger partial charge in [0.15, 0.2) is 0 Å². The highest BCUT2D eigenvalue weighted by Gasteiger charge is 2.36. The molecule has 20 heavy (non-hydrogen) atoms. The summed E-state index contributed by atoms with van der Waals surface area (Å²) in [7, 11) is 0. The molecule has 2 nitrogen and oxygen atoms in total. The van der Waals surface area contributed by atoms with Gasteiger partial charge in [0.1, 0.15) is 0 Å². The van der Waals surface area contributed by atoms with Crippen LogP contribution < -0.4 is 0 Å². The molecule has 2 aliphatic rings. The van der Waals surface area contributed by atoms with Crippen molar-refractivity contribution in [1.29, 1.82) is 0 Å². The maximum absolute atomic E-state index is 11.0. The second kappa shape index (κ2) is 5.87. The standard InChI is InChI=1S/C18H26O2/c1-2-4-17-13-18(19,11-12-20-17)16-9-7-15(8-10-16)14-5-3-6-14/h7-10,14,17,19H,2-6,11-13H2,1H3. The Hall–Kier alpha value is -0.860. The number of ether oxygens (including phenoxy) is 1. The zero-order valence-electron chi connectivity index (χ0n) is 12.5. The average molecular weight is 274 g/mol. The normalized spacial score (nSPS) is 31.0. The highest BCUT2D eigenvalue weighted by Crippen LogP contribution is 2.39. The van der Waals surface area contributed by atoms with E-state index in [0.29, 0.717) is 6.61 Å². The van der Waals surface area contributed by atoms with Gasteiger partial charge in [-0.25, -0.2) is 0 Å². The van der Waals surface area contributed by atoms with Gasteiger partial charge in [0.25, 0.3) is 0 Å². The molecule has 1 heterocycles. The molecule has 1 aromatic carbocycles. The number of benzene rings is 1. The molecule has 0 radical (unpaired) electrons. The Labute approximate surface area is 122 Å². The summed E-state index contributed by atoms with van der Waals surface area (Å²) in [4.78, 5) is 0. The number of hydrogen-bond donors (Lipinski definition) is 1. The first-order valence-corrected chi connectivity index (χ1v) is 8.16. The van der Waals surface area contributed by atoms with Crippen molar-refractivity contribution in [2.24, 2.45) is 0 Å². The predicted octanol–water partition coefficient (Wildman–Crippen LogP) is 4.12. The summed E-state index contributed by atoms with van der Waals surface area (Å²) in [6.07, 6.45) is 7.85. The van der Waals surface area contributed by atoms with Gasteiger partial charge in [-0.1, -0.05) is 44.0 Å². The van der Waals surface area contributed by atoms with Crippen molar-refractivity contribution in [2.45, 2.75) is 69.5 Å². The maximum Gasteiger partial charge on any atom is 0.0943 e. The van der Waals surface area contributed by atoms with Crippen LogP contribution in [-0.4, -0.2) is 17.8 Å². The molecule has 1 N–H and O–H groups in total. The van der Waals surface area contributed by atoms with E-state index in [0.717, 1.165) is 37.2 Å². The molecule has 1 saturated heterocycles. The van der Waals surface area contributed by atoms with E-state index < -0.39 is 5.60 Å². The fraction of sp³-hybridized carbons (Fsp3) is 0.667. The zero-order valence-corrected chi connectivity index (χ0v) is 12.5. The van der Waals surface area contributed by atoms with Gasteiger partial charge in [-0.2, -0.15) is 0 Å². The summed E-state index contributed by atoms with van der Waals surface area (Å²) in [5, 5.41) is 11.0. The molecule has 1 aliphatic carbocycles. The summed E-state index contributed by atoms with van der Waals surface area (Å²) >= 11 is 0. The van der Waals surface area contributed by atoms with Crippen LogP contribution in [0.5, 0.6) is 0 Å². The second-order valence-corrected chi connectivity index (χ2v) is 6.52. The molecule has 3 rings (SSSR count). The molecule has 2 unspecified atom stereocenters. The van der Waals surface area contributed by atoms with Gasteiger partial charge in [-0.3, -0.25) is 0 Å².